The summed E-state index contributed by atoms with van der Waals surface area (Å²) in [6.45, 7) is 38.6. The first-order chi connectivity index (χ1) is 35.6. The first-order valence-corrected chi connectivity index (χ1v) is 29.1. The van der Waals surface area contributed by atoms with Crippen LogP contribution in [-0.2, 0) is 37.9 Å². The molecule has 5 heteroatoms. The number of rotatable bonds is 3. The van der Waals surface area contributed by atoms with Gasteiger partial charge in [0.05, 0.1) is 22.1 Å². The predicted molar refractivity (Wildman–Crippen MR) is 329 cm³/mol. The molecule has 383 valence electrons. The molecule has 14 rings (SSSR count). The Bertz CT molecular complexity index is 4200. The minimum Gasteiger partial charge on any atom is -0.455 e. The third kappa shape index (κ3) is 6.66. The van der Waals surface area contributed by atoms with E-state index in [0.717, 1.165) is 40.8 Å². The van der Waals surface area contributed by atoms with Crippen molar-refractivity contribution in [2.45, 2.75) is 174 Å². The first kappa shape index (κ1) is 48.3. The number of thiophene rings is 1. The zero-order valence-corrected chi connectivity index (χ0v) is 48.8. The van der Waals surface area contributed by atoms with Gasteiger partial charge in [0, 0.05) is 48.6 Å². The Morgan fingerprint density at radius 3 is 1.78 bits per heavy atom. The van der Waals surface area contributed by atoms with Crippen molar-refractivity contribution in [3.8, 4) is 27.9 Å². The molecule has 0 saturated heterocycles. The van der Waals surface area contributed by atoms with E-state index in [4.69, 9.17) is 4.42 Å². The second kappa shape index (κ2) is 15.2. The summed E-state index contributed by atoms with van der Waals surface area (Å²) in [7, 11) is 2.58. The predicted octanol–water partition coefficient (Wildman–Crippen LogP) is 18.9. The fraction of sp³-hybridized carbons (Fsp3) is 0.380. The van der Waals surface area contributed by atoms with E-state index in [1.807, 2.05) is 11.3 Å². The van der Waals surface area contributed by atoms with Gasteiger partial charge in [-0.15, -0.1) is 11.3 Å². The highest BCUT2D eigenvalue weighted by molar-refractivity contribution is 7.29. The number of para-hydroxylation sites is 1. The van der Waals surface area contributed by atoms with E-state index in [2.05, 4.69) is 231 Å². The molecule has 1 aliphatic heterocycles. The monoisotopic (exact) mass is 1010 g/mol. The molecule has 3 aromatic heterocycles. The zero-order chi connectivity index (χ0) is 53.3. The van der Waals surface area contributed by atoms with Crippen LogP contribution in [0.5, 0.6) is 0 Å². The van der Waals surface area contributed by atoms with Crippen LogP contribution >= 0.6 is 11.3 Å². The third-order valence-corrected chi connectivity index (χ3v) is 20.8. The molecule has 0 spiro atoms. The van der Waals surface area contributed by atoms with Crippen LogP contribution in [0, 0.1) is 0 Å². The van der Waals surface area contributed by atoms with Crippen LogP contribution in [0.1, 0.15) is 181 Å². The molecule has 4 heterocycles. The van der Waals surface area contributed by atoms with E-state index in [1.165, 1.54) is 133 Å². The lowest BCUT2D eigenvalue weighted by atomic mass is 9.62. The Morgan fingerprint density at radius 2 is 1.12 bits per heavy atom. The van der Waals surface area contributed by atoms with Crippen molar-refractivity contribution in [3.05, 3.63) is 148 Å². The van der Waals surface area contributed by atoms with Gasteiger partial charge < -0.3 is 14.3 Å². The van der Waals surface area contributed by atoms with Gasteiger partial charge in [-0.2, -0.15) is 0 Å². The highest BCUT2D eigenvalue weighted by Gasteiger charge is 2.45. The Hall–Kier alpha value is -6.04. The molecule has 1 radical (unpaired) electrons. The fourth-order valence-electron chi connectivity index (χ4n) is 14.6. The molecule has 0 amide bonds. The summed E-state index contributed by atoms with van der Waals surface area (Å²) in [4.78, 5) is 0. The van der Waals surface area contributed by atoms with E-state index in [9.17, 15) is 0 Å². The van der Waals surface area contributed by atoms with Gasteiger partial charge in [0.2, 0.25) is 7.28 Å². The molecule has 4 aliphatic rings. The molecule has 76 heavy (non-hydrogen) atoms. The highest BCUT2D eigenvalue weighted by Crippen LogP contribution is 2.58. The van der Waals surface area contributed by atoms with Crippen LogP contribution in [0.2, 0.25) is 0 Å². The van der Waals surface area contributed by atoms with Crippen molar-refractivity contribution in [2.75, 3.05) is 5.32 Å². The standard InChI is InChI=1S/C71H74BN2OS/c1-65(2,3)38-21-24-40(25-22-38)73-53-36-48-42(43-33-49-51(35-47(43)71(48,15)16)69(11,12)29-27-67(49,7)8)32-44(53)57-58-41-19-17-18-20-55(41)75-63(58)59-45-34-50-52(70(13,14)30-28-68(50,9)10)37-54(45)74-61-46-31-39(66(4,5)6)23-26-56(46)76-64(61)72-60(57)62(59)74/h17-26,31-37,73H,27-30H2,1-16H3. The van der Waals surface area contributed by atoms with Crippen molar-refractivity contribution >= 4 is 94.1 Å². The van der Waals surface area contributed by atoms with Crippen molar-refractivity contribution < 1.29 is 4.42 Å². The molecule has 10 aromatic rings. The van der Waals surface area contributed by atoms with E-state index in [-0.39, 0.29) is 37.9 Å². The number of hydrogen-bond donors (Lipinski definition) is 1. The molecule has 0 saturated carbocycles. The van der Waals surface area contributed by atoms with Gasteiger partial charge in [0.25, 0.3) is 0 Å². The van der Waals surface area contributed by atoms with Crippen LogP contribution in [0.4, 0.5) is 11.4 Å². The molecule has 3 nitrogen and oxygen atoms in total. The Balaban J connectivity index is 1.16. The maximum atomic E-state index is 7.48. The summed E-state index contributed by atoms with van der Waals surface area (Å²) in [5.41, 5.74) is 25.8. The smallest absolute Gasteiger partial charge is 0.211 e. The molecule has 7 aromatic carbocycles. The number of anilines is 2. The third-order valence-electron chi connectivity index (χ3n) is 19.7. The van der Waals surface area contributed by atoms with Crippen LogP contribution in [0.3, 0.4) is 0 Å². The van der Waals surface area contributed by atoms with Crippen LogP contribution in [-0.4, -0.2) is 11.8 Å². The average molecular weight is 1010 g/mol. The molecule has 0 unspecified atom stereocenters. The maximum Gasteiger partial charge on any atom is 0.211 e. The molecular formula is C71H74BN2OS. The number of hydrogen-bond acceptors (Lipinski definition) is 3. The summed E-state index contributed by atoms with van der Waals surface area (Å²) in [5.74, 6) is 0. The van der Waals surface area contributed by atoms with Gasteiger partial charge >= 0.3 is 0 Å². The largest absolute Gasteiger partial charge is 0.455 e. The minimum atomic E-state index is -0.227. The summed E-state index contributed by atoms with van der Waals surface area (Å²) in [6, 6.07) is 40.9. The fourth-order valence-corrected chi connectivity index (χ4v) is 15.7. The first-order valence-electron chi connectivity index (χ1n) is 28.3. The van der Waals surface area contributed by atoms with Crippen LogP contribution in [0.15, 0.2) is 108 Å². The molecule has 1 N–H and O–H groups in total. The summed E-state index contributed by atoms with van der Waals surface area (Å²) in [6.07, 6.45) is 4.68. The number of furan rings is 1. The highest BCUT2D eigenvalue weighted by atomic mass is 32.1. The number of fused-ring (bicyclic) bond motifs is 16. The van der Waals surface area contributed by atoms with E-state index in [0.29, 0.717) is 0 Å². The van der Waals surface area contributed by atoms with E-state index in [1.54, 1.807) is 0 Å². The minimum absolute atomic E-state index is 0.00184. The van der Waals surface area contributed by atoms with Crippen molar-refractivity contribution in [3.63, 3.8) is 0 Å². The number of aromatic nitrogens is 1. The second-order valence-electron chi connectivity index (χ2n) is 29.0. The second-order valence-corrected chi connectivity index (χ2v) is 30.1. The van der Waals surface area contributed by atoms with E-state index >= 15 is 0 Å². The molecule has 0 atom stereocenters. The lowest BCUT2D eigenvalue weighted by Gasteiger charge is -2.42. The molecular weight excluding hydrogens is 940 g/mol. The molecule has 0 fully saturated rings. The van der Waals surface area contributed by atoms with Gasteiger partial charge in [-0.3, -0.25) is 0 Å². The Kier molecular flexibility index (Phi) is 9.64. The van der Waals surface area contributed by atoms with Gasteiger partial charge in [-0.05, 0) is 190 Å². The maximum absolute atomic E-state index is 7.48. The number of nitrogens with one attached hydrogen (secondary N) is 1. The molecule has 3 aliphatic carbocycles. The number of nitrogens with zero attached hydrogens (tertiary/aromatic N) is 1. The zero-order valence-electron chi connectivity index (χ0n) is 48.0. The summed E-state index contributed by atoms with van der Waals surface area (Å²) < 4.78 is 12.8. The quantitative estimate of drug-likeness (QED) is 0.179. The van der Waals surface area contributed by atoms with Crippen molar-refractivity contribution in [1.29, 1.82) is 0 Å². The van der Waals surface area contributed by atoms with Crippen molar-refractivity contribution in [2.24, 2.45) is 0 Å². The Labute approximate surface area is 455 Å². The normalized spacial score (nSPS) is 18.4. The van der Waals surface area contributed by atoms with Gasteiger partial charge in [-0.25, -0.2) is 0 Å². The summed E-state index contributed by atoms with van der Waals surface area (Å²) in [5, 5.41) is 10.3. The summed E-state index contributed by atoms with van der Waals surface area (Å²) >= 11 is 1.94. The SMILES string of the molecule is CC(C)(C)c1ccc(Nc2cc3c(cc2-c2c4c5c(c6cc7c(cc6n5-c5c(sc6ccc(C(C)(C)C)cc56)[B]4)C(C)(C)CCC7(C)C)c4oc5ccccc5c24)-c2cc4c(cc2C3(C)C)C(C)(C)CCC4(C)C)cc1. The average Bonchev–Trinajstić information content (AvgIpc) is 4.29. The van der Waals surface area contributed by atoms with Crippen LogP contribution in [0.25, 0.3) is 81.8 Å². The van der Waals surface area contributed by atoms with Gasteiger partial charge in [0.15, 0.2) is 0 Å². The lowest BCUT2D eigenvalue weighted by Crippen LogP contribution is -2.35. The Morgan fingerprint density at radius 1 is 0.539 bits per heavy atom. The van der Waals surface area contributed by atoms with Gasteiger partial charge in [-0.1, -0.05) is 153 Å². The van der Waals surface area contributed by atoms with Crippen molar-refractivity contribution in [1.82, 2.24) is 4.57 Å². The lowest BCUT2D eigenvalue weighted by molar-refractivity contribution is 0.331. The number of benzene rings is 7. The topological polar surface area (TPSA) is 30.1 Å². The van der Waals surface area contributed by atoms with Crippen LogP contribution < -0.4 is 15.6 Å². The molecule has 0 bridgehead atoms. The van der Waals surface area contributed by atoms with E-state index < -0.39 is 0 Å². The van der Waals surface area contributed by atoms with Gasteiger partial charge in [0.1, 0.15) is 11.2 Å².